The van der Waals surface area contributed by atoms with E-state index in [1.807, 2.05) is 55.5 Å². The highest BCUT2D eigenvalue weighted by molar-refractivity contribution is 5.86. The first-order valence-electron chi connectivity index (χ1n) is 7.31. The Hall–Kier alpha value is -2.68. The molecule has 1 N–H and O–H groups in total. The minimum atomic E-state index is -0.779. The second-order valence-corrected chi connectivity index (χ2v) is 5.45. The summed E-state index contributed by atoms with van der Waals surface area (Å²) in [5.74, 6) is -0.779. The number of hydrogen-bond donors (Lipinski definition) is 1. The summed E-state index contributed by atoms with van der Waals surface area (Å²) in [6, 6.07) is 18.1. The zero-order valence-electron chi connectivity index (χ0n) is 12.4. The van der Waals surface area contributed by atoms with Crippen molar-refractivity contribution in [3.05, 3.63) is 65.7 Å². The van der Waals surface area contributed by atoms with Crippen molar-refractivity contribution in [1.29, 1.82) is 0 Å². The maximum absolute atomic E-state index is 10.9. The van der Waals surface area contributed by atoms with Crippen LogP contribution in [0.2, 0.25) is 0 Å². The molecular weight excluding hydrogens is 274 g/mol. The Morgan fingerprint density at radius 1 is 1.09 bits per heavy atom. The van der Waals surface area contributed by atoms with Gasteiger partial charge in [0.2, 0.25) is 0 Å². The van der Waals surface area contributed by atoms with Crippen molar-refractivity contribution < 1.29 is 9.90 Å². The summed E-state index contributed by atoms with van der Waals surface area (Å²) in [6.07, 6.45) is 0.638. The molecule has 0 saturated heterocycles. The van der Waals surface area contributed by atoms with Gasteiger partial charge in [-0.25, -0.2) is 4.98 Å². The highest BCUT2D eigenvalue weighted by atomic mass is 16.4. The molecule has 110 valence electrons. The molecule has 0 atom stereocenters. The highest BCUT2D eigenvalue weighted by Gasteiger charge is 2.09. The number of carbonyl (C=O) groups is 1. The fourth-order valence-electron chi connectivity index (χ4n) is 2.61. The Labute approximate surface area is 129 Å². The van der Waals surface area contributed by atoms with Gasteiger partial charge in [-0.1, -0.05) is 42.0 Å². The summed E-state index contributed by atoms with van der Waals surface area (Å²) in [6.45, 7) is 2.03. The molecule has 0 amide bonds. The van der Waals surface area contributed by atoms with Crippen LogP contribution < -0.4 is 0 Å². The largest absolute Gasteiger partial charge is 0.481 e. The molecule has 0 aliphatic heterocycles. The molecule has 22 heavy (non-hydrogen) atoms. The number of aryl methyl sites for hydroxylation is 2. The monoisotopic (exact) mass is 291 g/mol. The molecule has 0 saturated carbocycles. The zero-order valence-corrected chi connectivity index (χ0v) is 12.4. The summed E-state index contributed by atoms with van der Waals surface area (Å²) < 4.78 is 0. The van der Waals surface area contributed by atoms with Gasteiger partial charge >= 0.3 is 5.97 Å². The van der Waals surface area contributed by atoms with Crippen LogP contribution in [0.4, 0.5) is 0 Å². The first-order chi connectivity index (χ1) is 10.6. The SMILES string of the molecule is Cc1ccc2nc(-c3ccccc3)cc(CCC(=O)O)c2c1. The van der Waals surface area contributed by atoms with Crippen LogP contribution in [0, 0.1) is 6.92 Å². The summed E-state index contributed by atoms with van der Waals surface area (Å²) in [7, 11) is 0. The molecule has 0 fully saturated rings. The van der Waals surface area contributed by atoms with Gasteiger partial charge in [0.15, 0.2) is 0 Å². The van der Waals surface area contributed by atoms with Crippen molar-refractivity contribution in [2.45, 2.75) is 19.8 Å². The standard InChI is InChI=1S/C19H17NO2/c1-13-7-9-17-16(11-13)15(8-10-19(21)22)12-18(20-17)14-5-3-2-4-6-14/h2-7,9,11-12H,8,10H2,1H3,(H,21,22). The number of aliphatic carboxylic acids is 1. The lowest BCUT2D eigenvalue weighted by Gasteiger charge is -2.10. The topological polar surface area (TPSA) is 50.2 Å². The number of pyridine rings is 1. The van der Waals surface area contributed by atoms with E-state index >= 15 is 0 Å². The minimum Gasteiger partial charge on any atom is -0.481 e. The predicted molar refractivity (Wildman–Crippen MR) is 87.9 cm³/mol. The third-order valence-electron chi connectivity index (χ3n) is 3.73. The van der Waals surface area contributed by atoms with Crippen LogP contribution in [0.15, 0.2) is 54.6 Å². The van der Waals surface area contributed by atoms with Gasteiger partial charge in [0.25, 0.3) is 0 Å². The van der Waals surface area contributed by atoms with Crippen LogP contribution in [-0.2, 0) is 11.2 Å². The summed E-state index contributed by atoms with van der Waals surface area (Å²) in [5, 5.41) is 10.0. The number of fused-ring (bicyclic) bond motifs is 1. The Morgan fingerprint density at radius 2 is 1.86 bits per heavy atom. The van der Waals surface area contributed by atoms with Gasteiger partial charge in [0, 0.05) is 17.4 Å². The number of nitrogens with zero attached hydrogens (tertiary/aromatic N) is 1. The molecule has 3 rings (SSSR count). The first-order valence-corrected chi connectivity index (χ1v) is 7.31. The molecule has 3 heteroatoms. The zero-order chi connectivity index (χ0) is 15.5. The molecule has 3 nitrogen and oxygen atoms in total. The van der Waals surface area contributed by atoms with E-state index in [0.29, 0.717) is 6.42 Å². The van der Waals surface area contributed by atoms with Gasteiger partial charge in [-0.05, 0) is 37.1 Å². The average Bonchev–Trinajstić information content (AvgIpc) is 2.53. The number of hydrogen-bond acceptors (Lipinski definition) is 2. The Kier molecular flexibility index (Phi) is 3.88. The van der Waals surface area contributed by atoms with Gasteiger partial charge in [-0.2, -0.15) is 0 Å². The summed E-state index contributed by atoms with van der Waals surface area (Å²) in [5.41, 5.74) is 5.03. The van der Waals surface area contributed by atoms with E-state index in [0.717, 1.165) is 33.3 Å². The van der Waals surface area contributed by atoms with E-state index in [9.17, 15) is 4.79 Å². The lowest BCUT2D eigenvalue weighted by molar-refractivity contribution is -0.136. The molecule has 0 aliphatic rings. The van der Waals surface area contributed by atoms with Gasteiger partial charge in [0.1, 0.15) is 0 Å². The predicted octanol–water partition coefficient (Wildman–Crippen LogP) is 4.23. The number of carboxylic acids is 1. The lowest BCUT2D eigenvalue weighted by atomic mass is 9.99. The van der Waals surface area contributed by atoms with E-state index in [4.69, 9.17) is 10.1 Å². The molecule has 0 unspecified atom stereocenters. The normalized spacial score (nSPS) is 10.8. The van der Waals surface area contributed by atoms with Crippen molar-refractivity contribution in [3.8, 4) is 11.3 Å². The van der Waals surface area contributed by atoms with E-state index in [1.54, 1.807) is 0 Å². The fraction of sp³-hybridized carbons (Fsp3) is 0.158. The molecule has 0 spiro atoms. The number of aromatic nitrogens is 1. The van der Waals surface area contributed by atoms with Gasteiger partial charge in [-0.15, -0.1) is 0 Å². The maximum atomic E-state index is 10.9. The molecule has 1 aromatic heterocycles. The smallest absolute Gasteiger partial charge is 0.303 e. The van der Waals surface area contributed by atoms with Crippen molar-refractivity contribution in [2.75, 3.05) is 0 Å². The van der Waals surface area contributed by atoms with E-state index < -0.39 is 5.97 Å². The van der Waals surface area contributed by atoms with Crippen LogP contribution in [0.25, 0.3) is 22.2 Å². The molecular formula is C19H17NO2. The highest BCUT2D eigenvalue weighted by Crippen LogP contribution is 2.26. The van der Waals surface area contributed by atoms with Crippen molar-refractivity contribution in [3.63, 3.8) is 0 Å². The van der Waals surface area contributed by atoms with Gasteiger partial charge in [0.05, 0.1) is 11.2 Å². The number of carboxylic acid groups (broad SMARTS) is 1. The molecule has 3 aromatic rings. The van der Waals surface area contributed by atoms with Gasteiger partial charge < -0.3 is 5.11 Å². The Morgan fingerprint density at radius 3 is 2.59 bits per heavy atom. The Balaban J connectivity index is 2.15. The first kappa shape index (κ1) is 14.3. The third-order valence-corrected chi connectivity index (χ3v) is 3.73. The van der Waals surface area contributed by atoms with E-state index in [1.165, 1.54) is 0 Å². The van der Waals surface area contributed by atoms with Crippen LogP contribution in [0.3, 0.4) is 0 Å². The molecule has 2 aromatic carbocycles. The van der Waals surface area contributed by atoms with E-state index in [-0.39, 0.29) is 6.42 Å². The van der Waals surface area contributed by atoms with E-state index in [2.05, 4.69) is 6.07 Å². The lowest BCUT2D eigenvalue weighted by Crippen LogP contribution is -1.99. The quantitative estimate of drug-likeness (QED) is 0.782. The second-order valence-electron chi connectivity index (χ2n) is 5.45. The van der Waals surface area contributed by atoms with Crippen LogP contribution in [0.1, 0.15) is 17.5 Å². The second kappa shape index (κ2) is 5.98. The fourth-order valence-corrected chi connectivity index (χ4v) is 2.61. The van der Waals surface area contributed by atoms with Gasteiger partial charge in [-0.3, -0.25) is 4.79 Å². The average molecular weight is 291 g/mol. The minimum absolute atomic E-state index is 0.126. The molecule has 1 heterocycles. The maximum Gasteiger partial charge on any atom is 0.303 e. The van der Waals surface area contributed by atoms with Crippen molar-refractivity contribution in [2.24, 2.45) is 0 Å². The van der Waals surface area contributed by atoms with Crippen LogP contribution in [0.5, 0.6) is 0 Å². The molecule has 0 radical (unpaired) electrons. The Bertz CT molecular complexity index is 825. The van der Waals surface area contributed by atoms with Crippen LogP contribution >= 0.6 is 0 Å². The number of rotatable bonds is 4. The van der Waals surface area contributed by atoms with Crippen molar-refractivity contribution >= 4 is 16.9 Å². The van der Waals surface area contributed by atoms with Crippen molar-refractivity contribution in [1.82, 2.24) is 4.98 Å². The summed E-state index contributed by atoms with van der Waals surface area (Å²) >= 11 is 0. The molecule has 0 aliphatic carbocycles. The third kappa shape index (κ3) is 2.98. The van der Waals surface area contributed by atoms with Crippen LogP contribution in [-0.4, -0.2) is 16.1 Å². The molecule has 0 bridgehead atoms. The number of benzene rings is 2. The summed E-state index contributed by atoms with van der Waals surface area (Å²) in [4.78, 5) is 15.6.